The molecule has 3 heterocycles. The Morgan fingerprint density at radius 3 is 2.44 bits per heavy atom. The number of pyridine rings is 1. The average Bonchev–Trinajstić information content (AvgIpc) is 3.67. The monoisotopic (exact) mass is 576 g/mol. The van der Waals surface area contributed by atoms with Crippen LogP contribution in [0.2, 0.25) is 0 Å². The summed E-state index contributed by atoms with van der Waals surface area (Å²) in [5.41, 5.74) is 3.69. The van der Waals surface area contributed by atoms with E-state index in [1.54, 1.807) is 10.7 Å². The van der Waals surface area contributed by atoms with E-state index in [9.17, 15) is 22.9 Å². The second-order valence-corrected chi connectivity index (χ2v) is 13.8. The van der Waals surface area contributed by atoms with Crippen LogP contribution in [0.4, 0.5) is 10.1 Å². The lowest BCUT2D eigenvalue weighted by molar-refractivity contribution is -0.127. The highest BCUT2D eigenvalue weighted by Gasteiger charge is 2.47. The van der Waals surface area contributed by atoms with Gasteiger partial charge in [-0.25, -0.2) is 22.5 Å². The van der Waals surface area contributed by atoms with E-state index in [4.69, 9.17) is 5.10 Å². The zero-order valence-corrected chi connectivity index (χ0v) is 23.8. The van der Waals surface area contributed by atoms with Crippen molar-refractivity contribution in [3.63, 3.8) is 0 Å². The molecule has 1 saturated heterocycles. The minimum absolute atomic E-state index is 0.0952. The van der Waals surface area contributed by atoms with Crippen LogP contribution in [-0.4, -0.2) is 59.2 Å². The molecule has 41 heavy (non-hydrogen) atoms. The van der Waals surface area contributed by atoms with Crippen LogP contribution >= 0.6 is 0 Å². The van der Waals surface area contributed by atoms with Crippen molar-refractivity contribution < 1.29 is 17.6 Å². The third-order valence-electron chi connectivity index (χ3n) is 8.72. The van der Waals surface area contributed by atoms with Gasteiger partial charge in [-0.1, -0.05) is 25.0 Å². The number of sulfone groups is 1. The van der Waals surface area contributed by atoms with Crippen LogP contribution in [-0.2, 0) is 14.6 Å². The molecule has 9 nitrogen and oxygen atoms in total. The summed E-state index contributed by atoms with van der Waals surface area (Å²) in [6.07, 6.45) is 5.93. The Morgan fingerprint density at radius 2 is 1.80 bits per heavy atom. The van der Waals surface area contributed by atoms with Crippen LogP contribution < -0.4 is 10.2 Å². The minimum Gasteiger partial charge on any atom is -0.369 e. The van der Waals surface area contributed by atoms with Gasteiger partial charge in [-0.15, -0.1) is 0 Å². The molecule has 3 fully saturated rings. The topological polar surface area (TPSA) is 121 Å². The summed E-state index contributed by atoms with van der Waals surface area (Å²) in [6.45, 7) is 2.87. The number of amides is 1. The van der Waals surface area contributed by atoms with Crippen molar-refractivity contribution in [1.29, 1.82) is 5.26 Å². The second-order valence-electron chi connectivity index (χ2n) is 11.5. The summed E-state index contributed by atoms with van der Waals surface area (Å²) < 4.78 is 39.2. The number of halogens is 1. The number of nitriles is 1. The lowest BCUT2D eigenvalue weighted by Crippen LogP contribution is -2.42. The van der Waals surface area contributed by atoms with Crippen LogP contribution in [0.3, 0.4) is 0 Å². The second kappa shape index (κ2) is 10.6. The Balaban J connectivity index is 1.38. The first-order valence-corrected chi connectivity index (χ1v) is 16.0. The molecule has 0 radical (unpaired) electrons. The van der Waals surface area contributed by atoms with Gasteiger partial charge in [0.15, 0.2) is 15.7 Å². The third kappa shape index (κ3) is 5.45. The molecule has 3 aromatic rings. The standard InChI is InChI=1S/C30H33FN6O3S/c1-20-27(21-6-9-23(10-7-21)36-14-16-41(39,40)17-15-36)28(35-37(20)26-11-8-22(31)18-33-26)24-4-2-3-5-25(24)29(38)34-30(19-32)12-13-30/h6-11,18,24-25H,2-5,12-17H2,1H3,(H,34,38). The van der Waals surface area contributed by atoms with Crippen molar-refractivity contribution in [2.45, 2.75) is 56.9 Å². The summed E-state index contributed by atoms with van der Waals surface area (Å²) in [6, 6.07) is 13.2. The van der Waals surface area contributed by atoms with Gasteiger partial charge in [0.2, 0.25) is 5.91 Å². The molecule has 1 aromatic carbocycles. The van der Waals surface area contributed by atoms with Gasteiger partial charge in [0.1, 0.15) is 11.4 Å². The maximum absolute atomic E-state index is 13.7. The summed E-state index contributed by atoms with van der Waals surface area (Å²) in [5.74, 6) is -0.215. The van der Waals surface area contributed by atoms with Gasteiger partial charge in [-0.05, 0) is 62.4 Å². The predicted molar refractivity (Wildman–Crippen MR) is 153 cm³/mol. The number of carbonyl (C=O) groups excluding carboxylic acids is 1. The quantitative estimate of drug-likeness (QED) is 0.470. The number of anilines is 1. The smallest absolute Gasteiger partial charge is 0.225 e. The molecule has 2 saturated carbocycles. The van der Waals surface area contributed by atoms with Crippen LogP contribution in [0.25, 0.3) is 16.9 Å². The molecule has 0 spiro atoms. The zero-order valence-electron chi connectivity index (χ0n) is 23.0. The van der Waals surface area contributed by atoms with E-state index in [1.165, 1.54) is 6.07 Å². The molecule has 1 amide bonds. The lowest BCUT2D eigenvalue weighted by Gasteiger charge is -2.31. The normalized spacial score (nSPS) is 23.0. The van der Waals surface area contributed by atoms with Gasteiger partial charge >= 0.3 is 0 Å². The molecular weight excluding hydrogens is 543 g/mol. The van der Waals surface area contributed by atoms with Gasteiger partial charge in [-0.3, -0.25) is 4.79 Å². The molecule has 2 unspecified atom stereocenters. The van der Waals surface area contributed by atoms with Crippen molar-refractivity contribution in [2.75, 3.05) is 29.5 Å². The van der Waals surface area contributed by atoms with Crippen molar-refractivity contribution in [1.82, 2.24) is 20.1 Å². The van der Waals surface area contributed by atoms with Crippen LogP contribution in [0.1, 0.15) is 55.8 Å². The van der Waals surface area contributed by atoms with E-state index < -0.39 is 21.2 Å². The van der Waals surface area contributed by atoms with E-state index in [0.29, 0.717) is 31.7 Å². The fourth-order valence-corrected chi connectivity index (χ4v) is 7.36. The van der Waals surface area contributed by atoms with Crippen LogP contribution in [0.15, 0.2) is 42.6 Å². The number of hydrogen-bond acceptors (Lipinski definition) is 7. The summed E-state index contributed by atoms with van der Waals surface area (Å²) >= 11 is 0. The molecule has 2 atom stereocenters. The average molecular weight is 577 g/mol. The molecule has 11 heteroatoms. The minimum atomic E-state index is -2.98. The number of nitrogens with zero attached hydrogens (tertiary/aromatic N) is 5. The Bertz CT molecular complexity index is 1590. The summed E-state index contributed by atoms with van der Waals surface area (Å²) in [4.78, 5) is 19.9. The SMILES string of the molecule is Cc1c(-c2ccc(N3CCS(=O)(=O)CC3)cc2)c(C2CCCCC2C(=O)NC2(C#N)CC2)nn1-c1ccc(F)cn1. The highest BCUT2D eigenvalue weighted by molar-refractivity contribution is 7.91. The number of hydrogen-bond donors (Lipinski definition) is 1. The van der Waals surface area contributed by atoms with E-state index >= 15 is 0 Å². The van der Waals surface area contributed by atoms with Crippen LogP contribution in [0, 0.1) is 30.0 Å². The first-order valence-electron chi connectivity index (χ1n) is 14.2. The summed E-state index contributed by atoms with van der Waals surface area (Å²) in [7, 11) is -2.98. The molecule has 214 valence electrons. The highest BCUT2D eigenvalue weighted by Crippen LogP contribution is 2.44. The van der Waals surface area contributed by atoms with Gasteiger partial charge in [-0.2, -0.15) is 10.4 Å². The van der Waals surface area contributed by atoms with E-state index in [-0.39, 0.29) is 29.2 Å². The van der Waals surface area contributed by atoms with Gasteiger partial charge in [0.25, 0.3) is 0 Å². The predicted octanol–water partition coefficient (Wildman–Crippen LogP) is 4.06. The highest BCUT2D eigenvalue weighted by atomic mass is 32.2. The van der Waals surface area contributed by atoms with Crippen LogP contribution in [0.5, 0.6) is 0 Å². The Morgan fingerprint density at radius 1 is 1.10 bits per heavy atom. The van der Waals surface area contributed by atoms with E-state index in [2.05, 4.69) is 21.3 Å². The Hall–Kier alpha value is -3.78. The largest absolute Gasteiger partial charge is 0.369 e. The fourth-order valence-electron chi connectivity index (χ4n) is 6.16. The third-order valence-corrected chi connectivity index (χ3v) is 10.3. The molecule has 3 aliphatic rings. The number of nitrogens with one attached hydrogen (secondary N) is 1. The maximum Gasteiger partial charge on any atom is 0.225 e. The van der Waals surface area contributed by atoms with Gasteiger partial charge < -0.3 is 10.2 Å². The lowest BCUT2D eigenvalue weighted by atomic mass is 9.75. The molecular formula is C30H33FN6O3S. The molecule has 6 rings (SSSR count). The molecule has 0 bridgehead atoms. The van der Waals surface area contributed by atoms with Gasteiger partial charge in [0, 0.05) is 36.2 Å². The van der Waals surface area contributed by atoms with Crippen molar-refractivity contribution in [2.24, 2.45) is 5.92 Å². The molecule has 1 N–H and O–H groups in total. The van der Waals surface area contributed by atoms with Crippen molar-refractivity contribution in [3.05, 3.63) is 59.8 Å². The molecule has 2 aromatic heterocycles. The zero-order chi connectivity index (χ0) is 28.8. The maximum atomic E-state index is 13.7. The molecule has 2 aliphatic carbocycles. The number of carbonyl (C=O) groups is 1. The van der Waals surface area contributed by atoms with Crippen molar-refractivity contribution >= 4 is 21.4 Å². The van der Waals surface area contributed by atoms with Gasteiger partial charge in [0.05, 0.1) is 35.2 Å². The number of aromatic nitrogens is 3. The first-order chi connectivity index (χ1) is 19.7. The Labute approximate surface area is 239 Å². The molecule has 1 aliphatic heterocycles. The summed E-state index contributed by atoms with van der Waals surface area (Å²) in [5, 5.41) is 17.6. The number of rotatable bonds is 6. The van der Waals surface area contributed by atoms with E-state index in [1.807, 2.05) is 31.2 Å². The Kier molecular flexibility index (Phi) is 7.06. The fraction of sp³-hybridized carbons (Fsp3) is 0.467. The van der Waals surface area contributed by atoms with E-state index in [0.717, 1.165) is 60.1 Å². The number of benzene rings is 1. The van der Waals surface area contributed by atoms with Crippen molar-refractivity contribution in [3.8, 4) is 23.0 Å². The first kappa shape index (κ1) is 27.4.